The first kappa shape index (κ1) is 34.1. The smallest absolute Gasteiger partial charge is 0.342 e. The molecular weight excluding hydrogens is 660 g/mol. The molecule has 0 fully saturated rings. The molecule has 0 radical (unpaired) electrons. The average molecular weight is 687 g/mol. The number of nitro benzene ring substituents is 2. The van der Waals surface area contributed by atoms with Gasteiger partial charge in [0.2, 0.25) is 5.75 Å². The van der Waals surface area contributed by atoms with E-state index < -0.39 is 21.6 Å². The Kier molecular flexibility index (Phi) is 9.91. The van der Waals surface area contributed by atoms with E-state index >= 15 is 0 Å². The average Bonchev–Trinajstić information content (AvgIpc) is 3.69. The summed E-state index contributed by atoms with van der Waals surface area (Å²) in [5.41, 5.74) is 3.26. The molecule has 0 amide bonds. The van der Waals surface area contributed by atoms with Crippen LogP contribution in [0.4, 0.5) is 11.4 Å². The van der Waals surface area contributed by atoms with Crippen molar-refractivity contribution in [3.63, 3.8) is 0 Å². The van der Waals surface area contributed by atoms with Gasteiger partial charge in [-0.2, -0.15) is 8.75 Å². The minimum Gasteiger partial charge on any atom is -0.493 e. The molecule has 5 aromatic rings. The number of aliphatic hydroxyl groups is 1. The summed E-state index contributed by atoms with van der Waals surface area (Å²) in [5.74, 6) is -2.15. The van der Waals surface area contributed by atoms with Crippen molar-refractivity contribution < 1.29 is 43.5 Å². The number of ether oxygens (including phenoxy) is 4. The lowest BCUT2D eigenvalue weighted by Gasteiger charge is -2.27. The first-order valence-electron chi connectivity index (χ1n) is 14.2. The van der Waals surface area contributed by atoms with Crippen molar-refractivity contribution in [3.8, 4) is 17.2 Å². The lowest BCUT2D eigenvalue weighted by atomic mass is 9.87. The van der Waals surface area contributed by atoms with Crippen molar-refractivity contribution in [1.29, 1.82) is 0 Å². The highest BCUT2D eigenvalue weighted by molar-refractivity contribution is 7.00. The van der Waals surface area contributed by atoms with Crippen LogP contribution < -0.4 is 14.2 Å². The number of carbonyl (C=O) groups excluding carboxylic acids is 2. The lowest BCUT2D eigenvalue weighted by Crippen LogP contribution is -2.30. The SMILES string of the molecule is COc1cc(C2(O)OC(=O)C(c3ccc4nsnc4c3)=C2Cc2ccc([N+](=O)[O-])cc2)cc(OC)c1OC.O=Cc1ccc([N+](=O)[O-])cc1. The second-order valence-corrected chi connectivity index (χ2v) is 10.9. The van der Waals surface area contributed by atoms with Crippen molar-refractivity contribution >= 4 is 52.0 Å². The maximum atomic E-state index is 13.4. The number of methoxy groups -OCH3 is 3. The van der Waals surface area contributed by atoms with Gasteiger partial charge in [0.1, 0.15) is 17.3 Å². The van der Waals surface area contributed by atoms with E-state index in [9.17, 15) is 34.9 Å². The van der Waals surface area contributed by atoms with E-state index in [1.54, 1.807) is 30.3 Å². The van der Waals surface area contributed by atoms with E-state index in [0.717, 1.165) is 11.7 Å². The fourth-order valence-corrected chi connectivity index (χ4v) is 5.62. The van der Waals surface area contributed by atoms with Gasteiger partial charge in [-0.15, -0.1) is 0 Å². The zero-order chi connectivity index (χ0) is 35.3. The molecule has 0 aliphatic carbocycles. The molecule has 0 bridgehead atoms. The quantitative estimate of drug-likeness (QED) is 0.0843. The third-order valence-corrected chi connectivity index (χ3v) is 8.08. The molecule has 0 saturated heterocycles. The second kappa shape index (κ2) is 14.2. The van der Waals surface area contributed by atoms with Crippen LogP contribution in [0, 0.1) is 20.2 Å². The van der Waals surface area contributed by atoms with E-state index in [1.807, 2.05) is 0 Å². The molecule has 1 aliphatic rings. The number of carbonyl (C=O) groups is 2. The summed E-state index contributed by atoms with van der Waals surface area (Å²) in [5, 5.41) is 33.3. The van der Waals surface area contributed by atoms with E-state index in [1.165, 1.54) is 69.9 Å². The topological polar surface area (TPSA) is 203 Å². The number of nitro groups is 2. The summed E-state index contributed by atoms with van der Waals surface area (Å²) < 4.78 is 30.4. The normalized spacial score (nSPS) is 15.2. The van der Waals surface area contributed by atoms with Gasteiger partial charge in [0.05, 0.1) is 48.5 Å². The van der Waals surface area contributed by atoms with E-state index in [2.05, 4.69) is 8.75 Å². The summed E-state index contributed by atoms with van der Waals surface area (Å²) in [6, 6.07) is 19.4. The molecule has 1 aliphatic heterocycles. The highest BCUT2D eigenvalue weighted by Crippen LogP contribution is 2.49. The number of benzene rings is 4. The van der Waals surface area contributed by atoms with Gasteiger partial charge < -0.3 is 24.1 Å². The van der Waals surface area contributed by atoms with Crippen LogP contribution in [0.2, 0.25) is 0 Å². The van der Waals surface area contributed by atoms with Crippen LogP contribution in [-0.4, -0.2) is 57.3 Å². The van der Waals surface area contributed by atoms with E-state index in [4.69, 9.17) is 18.9 Å². The van der Waals surface area contributed by atoms with Crippen LogP contribution in [-0.2, 0) is 21.7 Å². The Hall–Kier alpha value is -6.26. The maximum Gasteiger partial charge on any atom is 0.342 e. The number of esters is 1. The monoisotopic (exact) mass is 686 g/mol. The predicted molar refractivity (Wildman–Crippen MR) is 176 cm³/mol. The van der Waals surface area contributed by atoms with Gasteiger partial charge >= 0.3 is 5.97 Å². The van der Waals surface area contributed by atoms with Gasteiger partial charge in [0.15, 0.2) is 11.5 Å². The van der Waals surface area contributed by atoms with Crippen LogP contribution >= 0.6 is 11.7 Å². The molecule has 1 aromatic heterocycles. The first-order valence-corrected chi connectivity index (χ1v) is 14.9. The molecule has 49 heavy (non-hydrogen) atoms. The van der Waals surface area contributed by atoms with Crippen LogP contribution in [0.3, 0.4) is 0 Å². The Morgan fingerprint density at radius 1 is 0.837 bits per heavy atom. The molecule has 0 saturated carbocycles. The number of cyclic esters (lactones) is 1. The third kappa shape index (κ3) is 6.90. The highest BCUT2D eigenvalue weighted by Gasteiger charge is 2.49. The number of nitrogens with zero attached hydrogens (tertiary/aromatic N) is 4. The molecule has 2 heterocycles. The van der Waals surface area contributed by atoms with Crippen LogP contribution in [0.5, 0.6) is 17.2 Å². The van der Waals surface area contributed by atoms with Crippen molar-refractivity contribution in [2.75, 3.05) is 21.3 Å². The molecule has 1 unspecified atom stereocenters. The number of rotatable bonds is 10. The van der Waals surface area contributed by atoms with Crippen molar-refractivity contribution in [3.05, 3.63) is 127 Å². The van der Waals surface area contributed by atoms with Crippen LogP contribution in [0.15, 0.2) is 84.4 Å². The molecule has 4 aromatic carbocycles. The molecule has 0 spiro atoms. The van der Waals surface area contributed by atoms with Gasteiger partial charge in [-0.3, -0.25) is 25.0 Å². The van der Waals surface area contributed by atoms with Gasteiger partial charge in [0, 0.05) is 47.4 Å². The minimum absolute atomic E-state index is 0.00407. The largest absolute Gasteiger partial charge is 0.493 e. The van der Waals surface area contributed by atoms with E-state index in [-0.39, 0.29) is 46.0 Å². The van der Waals surface area contributed by atoms with Gasteiger partial charge in [0.25, 0.3) is 17.2 Å². The summed E-state index contributed by atoms with van der Waals surface area (Å²) in [4.78, 5) is 43.7. The minimum atomic E-state index is -2.21. The summed E-state index contributed by atoms with van der Waals surface area (Å²) in [7, 11) is 4.32. The van der Waals surface area contributed by atoms with Gasteiger partial charge in [-0.05, 0) is 47.5 Å². The standard InChI is InChI=1S/C26H21N3O8S.C7H5NO3/c1-34-21-12-16(13-22(35-2)24(21)36-3)26(31)18(10-14-4-7-17(8-5-14)29(32)33)23(25(30)37-26)15-6-9-19-20(11-15)28-38-27-19;9-5-6-1-3-7(4-2-6)8(10)11/h4-9,11-13,31H,10H2,1-3H3;1-5H. The number of hydrogen-bond acceptors (Lipinski definition) is 14. The van der Waals surface area contributed by atoms with Crippen LogP contribution in [0.25, 0.3) is 16.6 Å². The third-order valence-electron chi connectivity index (χ3n) is 7.52. The summed E-state index contributed by atoms with van der Waals surface area (Å²) in [6.07, 6.45) is 0.684. The number of aldehydes is 1. The molecule has 15 nitrogen and oxygen atoms in total. The highest BCUT2D eigenvalue weighted by atomic mass is 32.1. The molecular formula is C33H26N4O11S. The van der Waals surface area contributed by atoms with Crippen LogP contribution in [0.1, 0.15) is 27.0 Å². The fraction of sp³-hybridized carbons (Fsp3) is 0.152. The molecule has 16 heteroatoms. The Morgan fingerprint density at radius 2 is 1.41 bits per heavy atom. The zero-order valence-corrected chi connectivity index (χ0v) is 26.8. The maximum absolute atomic E-state index is 13.4. The first-order chi connectivity index (χ1) is 23.5. The van der Waals surface area contributed by atoms with E-state index in [0.29, 0.717) is 39.8 Å². The second-order valence-electron chi connectivity index (χ2n) is 10.3. The van der Waals surface area contributed by atoms with Crippen molar-refractivity contribution in [2.24, 2.45) is 0 Å². The molecule has 1 N–H and O–H groups in total. The van der Waals surface area contributed by atoms with Gasteiger partial charge in [-0.25, -0.2) is 4.79 Å². The number of non-ortho nitro benzene ring substituents is 2. The molecule has 250 valence electrons. The van der Waals surface area contributed by atoms with Crippen molar-refractivity contribution in [2.45, 2.75) is 12.2 Å². The molecule has 1 atom stereocenters. The Labute approximate surface area is 281 Å². The zero-order valence-electron chi connectivity index (χ0n) is 26.0. The van der Waals surface area contributed by atoms with Gasteiger partial charge in [-0.1, -0.05) is 18.2 Å². The number of aromatic nitrogens is 2. The Balaban J connectivity index is 0.000000363. The Bertz CT molecular complexity index is 2070. The Morgan fingerprint density at radius 3 is 1.94 bits per heavy atom. The number of hydrogen-bond donors (Lipinski definition) is 1. The molecule has 6 rings (SSSR count). The number of fused-ring (bicyclic) bond motifs is 1. The fourth-order valence-electron chi connectivity index (χ4n) is 5.10. The lowest BCUT2D eigenvalue weighted by molar-refractivity contribution is -0.385. The predicted octanol–water partition coefficient (Wildman–Crippen LogP) is 5.43. The van der Waals surface area contributed by atoms with Crippen molar-refractivity contribution in [1.82, 2.24) is 8.75 Å². The summed E-state index contributed by atoms with van der Waals surface area (Å²) in [6.45, 7) is 0. The summed E-state index contributed by atoms with van der Waals surface area (Å²) >= 11 is 1.04.